The molecule has 0 aromatic rings. The van der Waals surface area contributed by atoms with Gasteiger partial charge in [-0.15, -0.1) is 0 Å². The molecule has 0 aliphatic rings. The summed E-state index contributed by atoms with van der Waals surface area (Å²) in [5.74, 6) is -0.914. The van der Waals surface area contributed by atoms with Crippen LogP contribution in [0.3, 0.4) is 0 Å². The second-order valence-corrected chi connectivity index (χ2v) is 1.22. The molecule has 1 N–H and O–H groups in total. The van der Waals surface area contributed by atoms with Crippen molar-refractivity contribution < 1.29 is 51.6 Å². The first kappa shape index (κ1) is 12.0. The summed E-state index contributed by atoms with van der Waals surface area (Å²) in [4.78, 5) is 9.75. The normalized spacial score (nSPS) is 9.89. The minimum Gasteiger partial charge on any atom is -0.478 e. The summed E-state index contributed by atoms with van der Waals surface area (Å²) in [6, 6.07) is 0. The molecule has 0 saturated heterocycles. The number of carboxylic acid groups (broad SMARTS) is 1. The molecule has 0 spiro atoms. The number of allylic oxidation sites excluding steroid dienone is 3. The van der Waals surface area contributed by atoms with Crippen LogP contribution in [0.5, 0.6) is 0 Å². The first-order valence-electron chi connectivity index (χ1n) is 2.29. The van der Waals surface area contributed by atoms with E-state index in [9.17, 15) is 4.79 Å². The Morgan fingerprint density at radius 3 is 2.33 bits per heavy atom. The Hall–Kier alpha value is 0.327. The van der Waals surface area contributed by atoms with Gasteiger partial charge < -0.3 is 5.11 Å². The largest absolute Gasteiger partial charge is 0.478 e. The monoisotopic (exact) mass is 252 g/mol. The summed E-state index contributed by atoms with van der Waals surface area (Å²) in [6.07, 6.45) is 5.98. The first-order chi connectivity index (χ1) is 3.77. The topological polar surface area (TPSA) is 37.3 Å². The average Bonchev–Trinajstić information content (AvgIpc) is 1.66. The van der Waals surface area contributed by atoms with Crippen LogP contribution in [0.15, 0.2) is 24.3 Å². The number of aliphatic carboxylic acids is 1. The maximum atomic E-state index is 9.75. The minimum atomic E-state index is -0.914. The van der Waals surface area contributed by atoms with Gasteiger partial charge in [0.15, 0.2) is 0 Å². The van der Waals surface area contributed by atoms with Crippen molar-refractivity contribution in [1.29, 1.82) is 0 Å². The third-order valence-corrected chi connectivity index (χ3v) is 0.542. The van der Waals surface area contributed by atoms with Gasteiger partial charge in [0, 0.05) is 47.8 Å². The molecule has 48 valence electrons. The van der Waals surface area contributed by atoms with E-state index in [1.165, 1.54) is 6.08 Å². The van der Waals surface area contributed by atoms with E-state index in [1.54, 1.807) is 12.2 Å². The van der Waals surface area contributed by atoms with Gasteiger partial charge in [-0.1, -0.05) is 18.2 Å². The second-order valence-electron chi connectivity index (χ2n) is 1.22. The summed E-state index contributed by atoms with van der Waals surface area (Å²) in [5, 5.41) is 8.02. The SMILES string of the molecule is C/C=C/C=C/C(=O)O.[Ce]. The predicted molar refractivity (Wildman–Crippen MR) is 31.6 cm³/mol. The van der Waals surface area contributed by atoms with Gasteiger partial charge in [0.1, 0.15) is 0 Å². The van der Waals surface area contributed by atoms with Crippen molar-refractivity contribution in [2.45, 2.75) is 6.92 Å². The van der Waals surface area contributed by atoms with Crippen LogP contribution in [0.2, 0.25) is 0 Å². The fraction of sp³-hybridized carbons (Fsp3) is 0.167. The fourth-order valence-electron chi connectivity index (χ4n) is 0.249. The second kappa shape index (κ2) is 8.33. The standard InChI is InChI=1S/C6H8O2.Ce/c1-2-3-4-5-6(7)8;/h2-5H,1H3,(H,7,8);/b3-2+,5-4+;. The molecular weight excluding hydrogens is 244 g/mol. The number of hydrogen-bond acceptors (Lipinski definition) is 1. The third-order valence-electron chi connectivity index (χ3n) is 0.542. The summed E-state index contributed by atoms with van der Waals surface area (Å²) in [7, 11) is 0. The van der Waals surface area contributed by atoms with Gasteiger partial charge in [-0.05, 0) is 6.92 Å². The molecule has 0 unspecified atom stereocenters. The molecule has 0 atom stereocenters. The molecule has 0 heterocycles. The van der Waals surface area contributed by atoms with Gasteiger partial charge in [0.25, 0.3) is 0 Å². The molecule has 0 radical (unpaired) electrons. The quantitative estimate of drug-likeness (QED) is 0.592. The zero-order chi connectivity index (χ0) is 6.41. The van der Waals surface area contributed by atoms with Crippen molar-refractivity contribution in [1.82, 2.24) is 0 Å². The Kier molecular flexibility index (Phi) is 11.1. The third kappa shape index (κ3) is 11.7. The van der Waals surface area contributed by atoms with Gasteiger partial charge >= 0.3 is 5.97 Å². The van der Waals surface area contributed by atoms with Gasteiger partial charge in [0.05, 0.1) is 0 Å². The number of carbonyl (C=O) groups is 1. The molecule has 9 heavy (non-hydrogen) atoms. The zero-order valence-corrected chi connectivity index (χ0v) is 8.30. The van der Waals surface area contributed by atoms with Crippen LogP contribution in [0.25, 0.3) is 0 Å². The zero-order valence-electron chi connectivity index (χ0n) is 5.16. The molecular formula is C6H8CeO2. The Bertz CT molecular complexity index is 127. The maximum absolute atomic E-state index is 9.75. The molecule has 0 rings (SSSR count). The predicted octanol–water partition coefficient (Wildman–Crippen LogP) is 1.20. The van der Waals surface area contributed by atoms with E-state index in [4.69, 9.17) is 5.11 Å². The van der Waals surface area contributed by atoms with Crippen LogP contribution in [-0.2, 0) is 4.79 Å². The molecule has 0 amide bonds. The van der Waals surface area contributed by atoms with Gasteiger partial charge in [-0.25, -0.2) is 4.79 Å². The Balaban J connectivity index is 0. The van der Waals surface area contributed by atoms with E-state index >= 15 is 0 Å². The number of rotatable bonds is 2. The fourth-order valence-corrected chi connectivity index (χ4v) is 0.249. The van der Waals surface area contributed by atoms with Crippen LogP contribution in [-0.4, -0.2) is 11.1 Å². The van der Waals surface area contributed by atoms with Crippen LogP contribution in [0.4, 0.5) is 0 Å². The van der Waals surface area contributed by atoms with Crippen molar-refractivity contribution in [3.05, 3.63) is 24.3 Å². The van der Waals surface area contributed by atoms with E-state index in [0.717, 1.165) is 6.08 Å². The molecule has 3 heteroatoms. The molecule has 0 aromatic carbocycles. The maximum Gasteiger partial charge on any atom is 0.328 e. The first-order valence-corrected chi connectivity index (χ1v) is 2.29. The van der Waals surface area contributed by atoms with Crippen molar-refractivity contribution in [3.63, 3.8) is 0 Å². The molecule has 0 bridgehead atoms. The summed E-state index contributed by atoms with van der Waals surface area (Å²) >= 11 is 0. The Morgan fingerprint density at radius 2 is 2.00 bits per heavy atom. The molecule has 0 aliphatic heterocycles. The van der Waals surface area contributed by atoms with E-state index in [1.807, 2.05) is 6.92 Å². The van der Waals surface area contributed by atoms with Crippen molar-refractivity contribution in [2.75, 3.05) is 0 Å². The number of hydrogen-bond donors (Lipinski definition) is 1. The molecule has 0 aliphatic carbocycles. The van der Waals surface area contributed by atoms with E-state index in [0.29, 0.717) is 0 Å². The van der Waals surface area contributed by atoms with Crippen LogP contribution in [0, 0.1) is 41.7 Å². The van der Waals surface area contributed by atoms with Gasteiger partial charge in [-0.2, -0.15) is 0 Å². The summed E-state index contributed by atoms with van der Waals surface area (Å²) in [5.41, 5.74) is 0. The molecule has 0 fully saturated rings. The summed E-state index contributed by atoms with van der Waals surface area (Å²) < 4.78 is 0. The van der Waals surface area contributed by atoms with Crippen molar-refractivity contribution in [3.8, 4) is 0 Å². The molecule has 0 saturated carbocycles. The van der Waals surface area contributed by atoms with Crippen molar-refractivity contribution in [2.24, 2.45) is 0 Å². The molecule has 2 nitrogen and oxygen atoms in total. The number of carboxylic acids is 1. The Labute approximate surface area is 88.0 Å². The minimum absolute atomic E-state index is 0. The van der Waals surface area contributed by atoms with Gasteiger partial charge in [0.2, 0.25) is 0 Å². The van der Waals surface area contributed by atoms with Crippen LogP contribution in [0.1, 0.15) is 6.92 Å². The Morgan fingerprint density at radius 1 is 1.44 bits per heavy atom. The van der Waals surface area contributed by atoms with E-state index in [-0.39, 0.29) is 41.7 Å². The smallest absolute Gasteiger partial charge is 0.328 e. The average molecular weight is 252 g/mol. The van der Waals surface area contributed by atoms with Gasteiger partial charge in [-0.3, -0.25) is 0 Å². The van der Waals surface area contributed by atoms with Crippen molar-refractivity contribution >= 4 is 5.97 Å². The van der Waals surface area contributed by atoms with E-state index in [2.05, 4.69) is 0 Å². The van der Waals surface area contributed by atoms with Crippen LogP contribution >= 0.6 is 0 Å². The molecule has 0 aromatic heterocycles. The van der Waals surface area contributed by atoms with E-state index < -0.39 is 5.97 Å². The van der Waals surface area contributed by atoms with Crippen LogP contribution < -0.4 is 0 Å². The summed E-state index contributed by atoms with van der Waals surface area (Å²) in [6.45, 7) is 1.83.